The predicted octanol–water partition coefficient (Wildman–Crippen LogP) is 7.81. The van der Waals surface area contributed by atoms with E-state index < -0.39 is 34.9 Å². The zero-order valence-corrected chi connectivity index (χ0v) is 21.4. The number of benzene rings is 3. The Hall–Kier alpha value is -3.52. The van der Waals surface area contributed by atoms with Crippen molar-refractivity contribution in [2.24, 2.45) is 0 Å². The van der Waals surface area contributed by atoms with Crippen molar-refractivity contribution in [3.63, 3.8) is 0 Å². The fourth-order valence-electron chi connectivity index (χ4n) is 4.11. The van der Waals surface area contributed by atoms with E-state index in [-0.39, 0.29) is 30.8 Å². The molecular formula is C28H27ClF3NO4. The molecule has 37 heavy (non-hydrogen) atoms. The van der Waals surface area contributed by atoms with Gasteiger partial charge in [-0.25, -0.2) is 4.79 Å². The van der Waals surface area contributed by atoms with Crippen molar-refractivity contribution in [2.75, 3.05) is 6.54 Å². The molecule has 0 saturated carbocycles. The van der Waals surface area contributed by atoms with Crippen molar-refractivity contribution < 1.29 is 32.2 Å². The molecule has 0 N–H and O–H groups in total. The van der Waals surface area contributed by atoms with Gasteiger partial charge in [-0.2, -0.15) is 13.2 Å². The summed E-state index contributed by atoms with van der Waals surface area (Å²) >= 11 is 6.21. The summed E-state index contributed by atoms with van der Waals surface area (Å²) in [7, 11) is 0. The van der Waals surface area contributed by atoms with Gasteiger partial charge in [0.05, 0.1) is 17.1 Å². The van der Waals surface area contributed by atoms with Crippen LogP contribution in [-0.2, 0) is 33.6 Å². The molecule has 0 bridgehead atoms. The Balaban J connectivity index is 2.14. The largest absolute Gasteiger partial charge is 0.458 e. The lowest BCUT2D eigenvalue weighted by molar-refractivity contribution is -0.149. The molecule has 0 heterocycles. The van der Waals surface area contributed by atoms with Gasteiger partial charge >= 0.3 is 18.2 Å². The molecule has 1 unspecified atom stereocenters. The van der Waals surface area contributed by atoms with E-state index in [4.69, 9.17) is 21.1 Å². The standard InChI is InChI=1S/C28H27ClF3NO4/c1-4-33(27(35)36-17-20-11-7-5-8-12-20)16-23-22(21-13-9-6-10-14-21)15-24(29)26(28(30,31)32)25(23)18(2)37-19(3)34/h5-15,18H,4,16-17H2,1-3H3. The summed E-state index contributed by atoms with van der Waals surface area (Å²) < 4.78 is 53.5. The first-order chi connectivity index (χ1) is 17.5. The van der Waals surface area contributed by atoms with Gasteiger partial charge < -0.3 is 14.4 Å². The number of amides is 1. The van der Waals surface area contributed by atoms with Gasteiger partial charge in [-0.05, 0) is 42.2 Å². The van der Waals surface area contributed by atoms with Crippen LogP contribution in [0.1, 0.15) is 49.1 Å². The number of halogens is 4. The van der Waals surface area contributed by atoms with Crippen LogP contribution in [0.15, 0.2) is 66.7 Å². The summed E-state index contributed by atoms with van der Waals surface area (Å²) in [4.78, 5) is 26.0. The lowest BCUT2D eigenvalue weighted by Crippen LogP contribution is -2.32. The molecule has 3 aromatic rings. The zero-order chi connectivity index (χ0) is 27.2. The minimum Gasteiger partial charge on any atom is -0.458 e. The summed E-state index contributed by atoms with van der Waals surface area (Å²) in [5.74, 6) is -0.748. The fourth-order valence-corrected chi connectivity index (χ4v) is 4.43. The lowest BCUT2D eigenvalue weighted by atomic mass is 9.88. The van der Waals surface area contributed by atoms with Crippen LogP contribution < -0.4 is 0 Å². The highest BCUT2D eigenvalue weighted by molar-refractivity contribution is 6.32. The molecule has 3 aromatic carbocycles. The molecule has 0 spiro atoms. The van der Waals surface area contributed by atoms with Crippen LogP contribution in [0.5, 0.6) is 0 Å². The van der Waals surface area contributed by atoms with Gasteiger partial charge in [-0.3, -0.25) is 4.79 Å². The highest BCUT2D eigenvalue weighted by Gasteiger charge is 2.40. The van der Waals surface area contributed by atoms with Crippen molar-refractivity contribution in [3.8, 4) is 11.1 Å². The molecule has 5 nitrogen and oxygen atoms in total. The summed E-state index contributed by atoms with van der Waals surface area (Å²) in [5, 5.41) is -0.529. The molecule has 0 fully saturated rings. The number of ether oxygens (including phenoxy) is 2. The molecule has 0 aliphatic carbocycles. The molecule has 0 radical (unpaired) electrons. The first kappa shape index (κ1) is 28.1. The third-order valence-corrected chi connectivity index (χ3v) is 6.04. The topological polar surface area (TPSA) is 55.8 Å². The second-order valence-electron chi connectivity index (χ2n) is 8.34. The number of hydrogen-bond donors (Lipinski definition) is 0. The summed E-state index contributed by atoms with van der Waals surface area (Å²) in [6.07, 6.45) is -6.82. The second kappa shape index (κ2) is 12.1. The van der Waals surface area contributed by atoms with Crippen LogP contribution in [0.3, 0.4) is 0 Å². The average Bonchev–Trinajstić information content (AvgIpc) is 2.85. The summed E-state index contributed by atoms with van der Waals surface area (Å²) in [5.41, 5.74) is 0.511. The number of esters is 1. The number of nitrogens with zero attached hydrogens (tertiary/aromatic N) is 1. The molecule has 0 aliphatic heterocycles. The minimum absolute atomic E-state index is 0.00679. The molecular weight excluding hydrogens is 507 g/mol. The van der Waals surface area contributed by atoms with Crippen LogP contribution in [0.2, 0.25) is 5.02 Å². The molecule has 3 rings (SSSR count). The molecule has 0 aromatic heterocycles. The van der Waals surface area contributed by atoms with Crippen LogP contribution in [0, 0.1) is 0 Å². The van der Waals surface area contributed by atoms with Crippen molar-refractivity contribution >= 4 is 23.7 Å². The highest BCUT2D eigenvalue weighted by atomic mass is 35.5. The number of carbonyl (C=O) groups is 2. The van der Waals surface area contributed by atoms with Gasteiger partial charge in [0, 0.05) is 19.0 Å². The smallest absolute Gasteiger partial charge is 0.418 e. The molecule has 0 aliphatic rings. The molecule has 1 atom stereocenters. The van der Waals surface area contributed by atoms with Crippen molar-refractivity contribution in [3.05, 3.63) is 94.0 Å². The SMILES string of the molecule is CCN(Cc1c(-c2ccccc2)cc(Cl)c(C(F)(F)F)c1C(C)OC(C)=O)C(=O)OCc1ccccc1. The van der Waals surface area contributed by atoms with Crippen LogP contribution >= 0.6 is 11.6 Å². The monoisotopic (exact) mass is 533 g/mol. The zero-order valence-electron chi connectivity index (χ0n) is 20.6. The Kier molecular flexibility index (Phi) is 9.21. The van der Waals surface area contributed by atoms with E-state index in [1.807, 2.05) is 18.2 Å². The Morgan fingerprint density at radius 1 is 1.03 bits per heavy atom. The van der Waals surface area contributed by atoms with Crippen LogP contribution in [0.4, 0.5) is 18.0 Å². The normalized spacial score (nSPS) is 12.1. The maximum atomic E-state index is 14.3. The fraction of sp³-hybridized carbons (Fsp3) is 0.286. The number of carbonyl (C=O) groups excluding carboxylic acids is 2. The highest BCUT2D eigenvalue weighted by Crippen LogP contribution is 2.45. The summed E-state index contributed by atoms with van der Waals surface area (Å²) in [6, 6.07) is 19.0. The predicted molar refractivity (Wildman–Crippen MR) is 135 cm³/mol. The Bertz CT molecular complexity index is 1230. The summed E-state index contributed by atoms with van der Waals surface area (Å²) in [6.45, 7) is 4.10. The molecule has 0 saturated heterocycles. The number of hydrogen-bond acceptors (Lipinski definition) is 4. The van der Waals surface area contributed by atoms with Gasteiger partial charge in [0.15, 0.2) is 0 Å². The Labute approximate surface area is 218 Å². The third-order valence-electron chi connectivity index (χ3n) is 5.74. The number of rotatable bonds is 8. The van der Waals surface area contributed by atoms with E-state index in [1.165, 1.54) is 17.9 Å². The first-order valence-electron chi connectivity index (χ1n) is 11.6. The Morgan fingerprint density at radius 2 is 1.62 bits per heavy atom. The van der Waals surface area contributed by atoms with Gasteiger partial charge in [-0.15, -0.1) is 0 Å². The van der Waals surface area contributed by atoms with E-state index in [2.05, 4.69) is 0 Å². The van der Waals surface area contributed by atoms with Gasteiger partial charge in [0.2, 0.25) is 0 Å². The number of alkyl halides is 3. The van der Waals surface area contributed by atoms with Crippen molar-refractivity contribution in [2.45, 2.75) is 46.2 Å². The van der Waals surface area contributed by atoms with Gasteiger partial charge in [0.25, 0.3) is 0 Å². The van der Waals surface area contributed by atoms with E-state index in [9.17, 15) is 22.8 Å². The quantitative estimate of drug-likeness (QED) is 0.277. The average molecular weight is 534 g/mol. The Morgan fingerprint density at radius 3 is 2.16 bits per heavy atom. The van der Waals surface area contributed by atoms with Crippen LogP contribution in [-0.4, -0.2) is 23.5 Å². The first-order valence-corrected chi connectivity index (χ1v) is 12.0. The van der Waals surface area contributed by atoms with Gasteiger partial charge in [0.1, 0.15) is 12.7 Å². The van der Waals surface area contributed by atoms with Gasteiger partial charge in [-0.1, -0.05) is 72.3 Å². The van der Waals surface area contributed by atoms with E-state index in [0.717, 1.165) is 12.5 Å². The molecule has 9 heteroatoms. The van der Waals surface area contributed by atoms with Crippen molar-refractivity contribution in [1.29, 1.82) is 0 Å². The molecule has 196 valence electrons. The maximum absolute atomic E-state index is 14.3. The maximum Gasteiger partial charge on any atom is 0.418 e. The minimum atomic E-state index is -4.84. The van der Waals surface area contributed by atoms with E-state index >= 15 is 0 Å². The lowest BCUT2D eigenvalue weighted by Gasteiger charge is -2.29. The van der Waals surface area contributed by atoms with E-state index in [1.54, 1.807) is 49.4 Å². The third kappa shape index (κ3) is 7.04. The second-order valence-corrected chi connectivity index (χ2v) is 8.75. The van der Waals surface area contributed by atoms with Crippen LogP contribution in [0.25, 0.3) is 11.1 Å². The van der Waals surface area contributed by atoms with Crippen molar-refractivity contribution in [1.82, 2.24) is 4.90 Å². The van der Waals surface area contributed by atoms with E-state index in [0.29, 0.717) is 11.1 Å². The molecule has 1 amide bonds.